The molecule has 72 valence electrons. The zero-order valence-corrected chi connectivity index (χ0v) is 8.47. The van der Waals surface area contributed by atoms with Crippen LogP contribution in [-0.4, -0.2) is 14.4 Å². The normalized spacial score (nSPS) is 12.8. The Morgan fingerprint density at radius 3 is 2.85 bits per heavy atom. The van der Waals surface area contributed by atoms with Gasteiger partial charge in [-0.2, -0.15) is 0 Å². The van der Waals surface area contributed by atoms with Crippen molar-refractivity contribution in [2.24, 2.45) is 0 Å². The van der Waals surface area contributed by atoms with E-state index in [-0.39, 0.29) is 5.25 Å². The summed E-state index contributed by atoms with van der Waals surface area (Å²) in [5.74, 6) is 0.481. The number of rotatable bonds is 3. The summed E-state index contributed by atoms with van der Waals surface area (Å²) in [7, 11) is -1.13. The van der Waals surface area contributed by atoms with E-state index in [1.807, 2.05) is 13.8 Å². The van der Waals surface area contributed by atoms with Gasteiger partial charge in [0.1, 0.15) is 11.0 Å². The fraction of sp³-hybridized carbons (Fsp3) is 0.375. The molecule has 0 aliphatic rings. The number of hydrogen-bond acceptors (Lipinski definition) is 3. The Kier molecular flexibility index (Phi) is 3.25. The van der Waals surface area contributed by atoms with Crippen LogP contribution in [0.25, 0.3) is 0 Å². The molecule has 0 amide bonds. The van der Waals surface area contributed by atoms with Crippen LogP contribution in [0.4, 0.5) is 11.5 Å². The molecule has 1 unspecified atom stereocenters. The highest BCUT2D eigenvalue weighted by Crippen LogP contribution is 2.14. The van der Waals surface area contributed by atoms with Gasteiger partial charge in [-0.05, 0) is 26.0 Å². The van der Waals surface area contributed by atoms with Crippen LogP contribution in [0.3, 0.4) is 0 Å². The van der Waals surface area contributed by atoms with Crippen molar-refractivity contribution in [2.75, 3.05) is 10.5 Å². The van der Waals surface area contributed by atoms with E-state index in [9.17, 15) is 4.21 Å². The van der Waals surface area contributed by atoms with Crippen molar-refractivity contribution in [3.05, 3.63) is 18.3 Å². The van der Waals surface area contributed by atoms with Crippen molar-refractivity contribution in [3.8, 4) is 0 Å². The van der Waals surface area contributed by atoms with E-state index in [1.165, 1.54) is 0 Å². The van der Waals surface area contributed by atoms with Gasteiger partial charge in [-0.3, -0.25) is 4.72 Å². The van der Waals surface area contributed by atoms with Crippen LogP contribution >= 0.6 is 0 Å². The van der Waals surface area contributed by atoms with E-state index in [1.54, 1.807) is 18.3 Å². The lowest BCUT2D eigenvalue weighted by Gasteiger charge is -2.08. The van der Waals surface area contributed by atoms with Gasteiger partial charge in [-0.25, -0.2) is 9.19 Å². The minimum Gasteiger partial charge on any atom is -0.396 e. The standard InChI is InChI=1S/C8H13N3OS/c1-6(2)13(12)11-8-7(9)4-3-5-10-8/h3-6H,9H2,1-2H3,(H,10,11). The molecule has 0 aliphatic carbocycles. The van der Waals surface area contributed by atoms with Crippen molar-refractivity contribution < 1.29 is 4.21 Å². The molecular formula is C8H13N3OS. The minimum absolute atomic E-state index is 0.0430. The average Bonchev–Trinajstić information content (AvgIpc) is 2.08. The number of aromatic nitrogens is 1. The lowest BCUT2D eigenvalue weighted by molar-refractivity contribution is 0.680. The fourth-order valence-corrected chi connectivity index (χ4v) is 1.31. The number of anilines is 2. The van der Waals surface area contributed by atoms with Gasteiger partial charge in [0, 0.05) is 11.4 Å². The van der Waals surface area contributed by atoms with Crippen LogP contribution in [-0.2, 0) is 11.0 Å². The Morgan fingerprint density at radius 2 is 2.31 bits per heavy atom. The molecule has 4 nitrogen and oxygen atoms in total. The van der Waals surface area contributed by atoms with E-state index >= 15 is 0 Å². The first-order chi connectivity index (χ1) is 6.11. The van der Waals surface area contributed by atoms with Crippen LogP contribution < -0.4 is 10.5 Å². The van der Waals surface area contributed by atoms with E-state index in [4.69, 9.17) is 5.73 Å². The van der Waals surface area contributed by atoms with Crippen LogP contribution in [0.5, 0.6) is 0 Å². The highest BCUT2D eigenvalue weighted by molar-refractivity contribution is 7.86. The third-order valence-electron chi connectivity index (χ3n) is 1.46. The summed E-state index contributed by atoms with van der Waals surface area (Å²) >= 11 is 0. The van der Waals surface area contributed by atoms with Gasteiger partial charge in [0.2, 0.25) is 0 Å². The van der Waals surface area contributed by atoms with Crippen molar-refractivity contribution >= 4 is 22.5 Å². The Balaban J connectivity index is 2.75. The monoisotopic (exact) mass is 199 g/mol. The molecule has 13 heavy (non-hydrogen) atoms. The van der Waals surface area contributed by atoms with Gasteiger partial charge in [0.05, 0.1) is 5.69 Å². The quantitative estimate of drug-likeness (QED) is 0.767. The zero-order chi connectivity index (χ0) is 9.84. The molecule has 0 radical (unpaired) electrons. The second-order valence-corrected chi connectivity index (χ2v) is 4.63. The molecule has 1 heterocycles. The van der Waals surface area contributed by atoms with Crippen molar-refractivity contribution in [1.82, 2.24) is 4.98 Å². The molecule has 0 bridgehead atoms. The number of nitrogen functional groups attached to an aromatic ring is 1. The Bertz CT molecular complexity index is 314. The second kappa shape index (κ2) is 4.23. The molecule has 0 aromatic carbocycles. The second-order valence-electron chi connectivity index (χ2n) is 2.89. The van der Waals surface area contributed by atoms with Gasteiger partial charge >= 0.3 is 0 Å². The smallest absolute Gasteiger partial charge is 0.160 e. The zero-order valence-electron chi connectivity index (χ0n) is 7.65. The molecular weight excluding hydrogens is 186 g/mol. The summed E-state index contributed by atoms with van der Waals surface area (Å²) in [6.45, 7) is 3.73. The van der Waals surface area contributed by atoms with Crippen molar-refractivity contribution in [2.45, 2.75) is 19.1 Å². The van der Waals surface area contributed by atoms with Gasteiger partial charge in [0.25, 0.3) is 0 Å². The molecule has 1 rings (SSSR count). The first-order valence-electron chi connectivity index (χ1n) is 3.99. The Morgan fingerprint density at radius 1 is 1.62 bits per heavy atom. The molecule has 0 saturated heterocycles. The summed E-state index contributed by atoms with van der Waals surface area (Å²) in [6.07, 6.45) is 1.61. The first kappa shape index (κ1) is 9.98. The third-order valence-corrected chi connectivity index (χ3v) is 2.72. The van der Waals surface area contributed by atoms with Gasteiger partial charge < -0.3 is 5.73 Å². The summed E-state index contributed by atoms with van der Waals surface area (Å²) in [6, 6.07) is 3.45. The summed E-state index contributed by atoms with van der Waals surface area (Å²) < 4.78 is 14.1. The number of pyridine rings is 1. The number of nitrogens with one attached hydrogen (secondary N) is 1. The molecule has 5 heteroatoms. The molecule has 0 saturated carbocycles. The molecule has 1 atom stereocenters. The molecule has 3 N–H and O–H groups in total. The van der Waals surface area contributed by atoms with Crippen LogP contribution in [0.2, 0.25) is 0 Å². The lowest BCUT2D eigenvalue weighted by Crippen LogP contribution is -2.16. The largest absolute Gasteiger partial charge is 0.396 e. The predicted octanol–water partition coefficient (Wildman–Crippen LogP) is 1.15. The van der Waals surface area contributed by atoms with Crippen molar-refractivity contribution in [3.63, 3.8) is 0 Å². The topological polar surface area (TPSA) is 68.0 Å². The van der Waals surface area contributed by atoms with Gasteiger partial charge in [0.15, 0.2) is 5.82 Å². The van der Waals surface area contributed by atoms with Crippen LogP contribution in [0.1, 0.15) is 13.8 Å². The molecule has 0 fully saturated rings. The first-order valence-corrected chi connectivity index (χ1v) is 5.20. The van der Waals surface area contributed by atoms with E-state index in [2.05, 4.69) is 9.71 Å². The minimum atomic E-state index is -1.13. The van der Waals surface area contributed by atoms with Gasteiger partial charge in [-0.1, -0.05) is 0 Å². The number of hydrogen-bond donors (Lipinski definition) is 2. The molecule has 1 aromatic rings. The lowest BCUT2D eigenvalue weighted by atomic mass is 10.4. The molecule has 0 aliphatic heterocycles. The molecule has 1 aromatic heterocycles. The Hall–Kier alpha value is -1.10. The summed E-state index contributed by atoms with van der Waals surface area (Å²) in [5, 5.41) is 0.0430. The summed E-state index contributed by atoms with van der Waals surface area (Å²) in [4.78, 5) is 3.97. The predicted molar refractivity (Wildman–Crippen MR) is 55.6 cm³/mol. The fourth-order valence-electron chi connectivity index (χ4n) is 0.716. The highest BCUT2D eigenvalue weighted by Gasteiger charge is 2.07. The van der Waals surface area contributed by atoms with Gasteiger partial charge in [-0.15, -0.1) is 0 Å². The van der Waals surface area contributed by atoms with E-state index < -0.39 is 11.0 Å². The Labute approximate surface area is 80.1 Å². The van der Waals surface area contributed by atoms with Crippen LogP contribution in [0, 0.1) is 0 Å². The SMILES string of the molecule is CC(C)S(=O)Nc1ncccc1N. The number of nitrogens with zero attached hydrogens (tertiary/aromatic N) is 1. The average molecular weight is 199 g/mol. The highest BCUT2D eigenvalue weighted by atomic mass is 32.2. The van der Waals surface area contributed by atoms with Crippen LogP contribution in [0.15, 0.2) is 18.3 Å². The maximum atomic E-state index is 11.4. The molecule has 0 spiro atoms. The maximum Gasteiger partial charge on any atom is 0.160 e. The van der Waals surface area contributed by atoms with Crippen molar-refractivity contribution in [1.29, 1.82) is 0 Å². The van der Waals surface area contributed by atoms with E-state index in [0.29, 0.717) is 11.5 Å². The van der Waals surface area contributed by atoms with E-state index in [0.717, 1.165) is 0 Å². The number of nitrogens with two attached hydrogens (primary N) is 1. The third kappa shape index (κ3) is 2.69. The maximum absolute atomic E-state index is 11.4. The summed E-state index contributed by atoms with van der Waals surface area (Å²) in [5.41, 5.74) is 6.12.